The topological polar surface area (TPSA) is 115 Å². The van der Waals surface area contributed by atoms with E-state index in [0.717, 1.165) is 23.6 Å². The zero-order valence-electron chi connectivity index (χ0n) is 14.8. The Hall–Kier alpha value is -0.190. The number of halogens is 1. The van der Waals surface area contributed by atoms with Gasteiger partial charge in [-0.05, 0) is 12.1 Å². The Kier molecular flexibility index (Phi) is 8.78. The fraction of sp³-hybridized carbons (Fsp3) is 0.133. The summed E-state index contributed by atoms with van der Waals surface area (Å²) in [6, 6.07) is 3.52. The average molecular weight is 426 g/mol. The van der Waals surface area contributed by atoms with Crippen LogP contribution in [0, 0.1) is 5.82 Å². The minimum atomic E-state index is -5.28. The molecule has 7 nitrogen and oxygen atoms in total. The molecule has 0 aliphatic carbocycles. The number of carbonyl (C=O) groups is 2. The van der Waals surface area contributed by atoms with Crippen LogP contribution in [0.25, 0.3) is 10.9 Å². The summed E-state index contributed by atoms with van der Waals surface area (Å²) in [5, 5.41) is 1.03. The van der Waals surface area contributed by atoms with Gasteiger partial charge in [-0.3, -0.25) is 9.59 Å². The molecule has 12 heteroatoms. The van der Waals surface area contributed by atoms with E-state index in [1.165, 1.54) is 17.5 Å². The van der Waals surface area contributed by atoms with Crippen molar-refractivity contribution in [1.82, 2.24) is 9.32 Å². The summed E-state index contributed by atoms with van der Waals surface area (Å²) in [7, 11) is -5.28. The molecule has 0 atom stereocenters. The standard InChI is InChI=1S/C15H12FN2O5PS.2Na/c1-2-12(19)10-7-25-15(17-10)14(20)8-6-18(24(21,22)23)11-5-3-4-9(16)13(8)11;;/h3-7H,2H2,1H3,(H2,21,22,23);;/q;2*+1/p-2. The van der Waals surface area contributed by atoms with Crippen molar-refractivity contribution in [1.29, 1.82) is 0 Å². The number of hydrogen-bond donors (Lipinski definition) is 0. The molecule has 0 amide bonds. The van der Waals surface area contributed by atoms with Crippen molar-refractivity contribution >= 4 is 41.6 Å². The van der Waals surface area contributed by atoms with Crippen LogP contribution >= 0.6 is 19.1 Å². The Morgan fingerprint density at radius 1 is 1.30 bits per heavy atom. The summed E-state index contributed by atoms with van der Waals surface area (Å²) in [6.07, 6.45) is 1.00. The molecular formula is C15H10FN2Na2O5PS. The number of Topliss-reactive ketones (excluding diaryl/α,β-unsaturated/α-hetero) is 1. The minimum absolute atomic E-state index is 0. The number of ketones is 2. The Balaban J connectivity index is 0.00000182. The summed E-state index contributed by atoms with van der Waals surface area (Å²) in [5.74, 6) is -1.86. The molecule has 0 saturated carbocycles. The van der Waals surface area contributed by atoms with Crippen molar-refractivity contribution in [3.8, 4) is 0 Å². The zero-order chi connectivity index (χ0) is 18.4. The van der Waals surface area contributed by atoms with Crippen LogP contribution in [0.1, 0.15) is 39.2 Å². The second kappa shape index (κ2) is 9.54. The first-order valence-electron chi connectivity index (χ1n) is 7.10. The zero-order valence-corrected chi connectivity index (χ0v) is 20.5. The maximum Gasteiger partial charge on any atom is 1.00 e. The first-order chi connectivity index (χ1) is 11.7. The third-order valence-electron chi connectivity index (χ3n) is 3.57. The quantitative estimate of drug-likeness (QED) is 0.232. The molecule has 0 radical (unpaired) electrons. The predicted molar refractivity (Wildman–Crippen MR) is 85.1 cm³/mol. The van der Waals surface area contributed by atoms with Crippen molar-refractivity contribution in [2.75, 3.05) is 0 Å². The van der Waals surface area contributed by atoms with Gasteiger partial charge in [-0.15, -0.1) is 11.3 Å². The van der Waals surface area contributed by atoms with Gasteiger partial charge in [-0.25, -0.2) is 9.37 Å². The van der Waals surface area contributed by atoms with Gasteiger partial charge in [0.25, 0.3) is 0 Å². The SMILES string of the molecule is CCC(=O)c1csc(C(=O)c2cn(P(=O)([O-])[O-])c3cccc(F)c23)n1.[Na+].[Na+]. The van der Waals surface area contributed by atoms with E-state index in [9.17, 15) is 28.3 Å². The van der Waals surface area contributed by atoms with Gasteiger partial charge in [0.1, 0.15) is 11.5 Å². The Labute approximate surface area is 201 Å². The van der Waals surface area contributed by atoms with Gasteiger partial charge < -0.3 is 18.7 Å². The molecule has 2 aromatic heterocycles. The predicted octanol–water partition coefficient (Wildman–Crippen LogP) is -4.25. The molecule has 2 heterocycles. The van der Waals surface area contributed by atoms with E-state index in [4.69, 9.17) is 0 Å². The Bertz CT molecular complexity index is 1060. The van der Waals surface area contributed by atoms with E-state index >= 15 is 0 Å². The summed E-state index contributed by atoms with van der Waals surface area (Å²) in [6.45, 7) is 1.65. The van der Waals surface area contributed by atoms with Gasteiger partial charge in [-0.2, -0.15) is 0 Å². The molecule has 0 saturated heterocycles. The molecule has 0 fully saturated rings. The van der Waals surface area contributed by atoms with E-state index in [0.29, 0.717) is 4.34 Å². The fourth-order valence-corrected chi connectivity index (χ4v) is 3.87. The van der Waals surface area contributed by atoms with Crippen molar-refractivity contribution < 1.29 is 87.4 Å². The van der Waals surface area contributed by atoms with Crippen LogP contribution in [0.5, 0.6) is 0 Å². The largest absolute Gasteiger partial charge is 1.00 e. The van der Waals surface area contributed by atoms with Crippen LogP contribution < -0.4 is 68.9 Å². The number of hydrogen-bond acceptors (Lipinski definition) is 7. The molecule has 27 heavy (non-hydrogen) atoms. The van der Waals surface area contributed by atoms with Gasteiger partial charge >= 0.3 is 59.1 Å². The summed E-state index contributed by atoms with van der Waals surface area (Å²) in [5.41, 5.74) is -0.415. The summed E-state index contributed by atoms with van der Waals surface area (Å²) >= 11 is 0.889. The molecule has 0 aliphatic rings. The smallest absolute Gasteiger partial charge is 0.795 e. The number of thiazole rings is 1. The van der Waals surface area contributed by atoms with Gasteiger partial charge in [0, 0.05) is 31.1 Å². The van der Waals surface area contributed by atoms with Crippen LogP contribution in [0.15, 0.2) is 29.8 Å². The first-order valence-corrected chi connectivity index (χ1v) is 9.47. The van der Waals surface area contributed by atoms with E-state index in [-0.39, 0.29) is 98.5 Å². The van der Waals surface area contributed by atoms with E-state index in [1.807, 2.05) is 0 Å². The van der Waals surface area contributed by atoms with Gasteiger partial charge in [0.15, 0.2) is 10.8 Å². The van der Waals surface area contributed by atoms with Crippen molar-refractivity contribution in [3.63, 3.8) is 0 Å². The Morgan fingerprint density at radius 2 is 1.96 bits per heavy atom. The molecule has 3 aromatic rings. The summed E-state index contributed by atoms with van der Waals surface area (Å²) in [4.78, 5) is 51.0. The maximum absolute atomic E-state index is 14.2. The molecule has 0 unspecified atom stereocenters. The molecule has 130 valence electrons. The summed E-state index contributed by atoms with van der Waals surface area (Å²) < 4.78 is 25.9. The van der Waals surface area contributed by atoms with Crippen LogP contribution in [-0.4, -0.2) is 20.9 Å². The van der Waals surface area contributed by atoms with Crippen molar-refractivity contribution in [3.05, 3.63) is 51.9 Å². The monoisotopic (exact) mass is 426 g/mol. The van der Waals surface area contributed by atoms with Crippen molar-refractivity contribution in [2.24, 2.45) is 0 Å². The molecule has 1 aromatic carbocycles. The maximum atomic E-state index is 14.2. The second-order valence-corrected chi connectivity index (χ2v) is 7.36. The van der Waals surface area contributed by atoms with Crippen LogP contribution in [0.2, 0.25) is 0 Å². The normalized spacial score (nSPS) is 11.0. The average Bonchev–Trinajstić information content (AvgIpc) is 3.18. The molecule has 3 rings (SSSR count). The van der Waals surface area contributed by atoms with Gasteiger partial charge in [-0.1, -0.05) is 13.0 Å². The number of carbonyl (C=O) groups excluding carboxylic acids is 2. The number of rotatable bonds is 5. The van der Waals surface area contributed by atoms with E-state index in [1.54, 1.807) is 6.92 Å². The van der Waals surface area contributed by atoms with E-state index < -0.39 is 19.3 Å². The number of aromatic nitrogens is 2. The van der Waals surface area contributed by atoms with Crippen LogP contribution in [0.4, 0.5) is 4.39 Å². The van der Waals surface area contributed by atoms with Crippen molar-refractivity contribution in [2.45, 2.75) is 13.3 Å². The number of benzene rings is 1. The Morgan fingerprint density at radius 3 is 2.56 bits per heavy atom. The fourth-order valence-electron chi connectivity index (χ4n) is 2.40. The molecule has 0 bridgehead atoms. The molecule has 0 aliphatic heterocycles. The van der Waals surface area contributed by atoms with Gasteiger partial charge in [0.05, 0.1) is 11.1 Å². The first kappa shape index (κ1) is 24.8. The van der Waals surface area contributed by atoms with Gasteiger partial charge in [0.2, 0.25) is 5.78 Å². The number of nitrogens with zero attached hydrogens (tertiary/aromatic N) is 2. The molecule has 0 spiro atoms. The minimum Gasteiger partial charge on any atom is -0.795 e. The van der Waals surface area contributed by atoms with E-state index in [2.05, 4.69) is 4.98 Å². The second-order valence-electron chi connectivity index (χ2n) is 5.13. The van der Waals surface area contributed by atoms with Crippen LogP contribution in [-0.2, 0) is 4.57 Å². The third-order valence-corrected chi connectivity index (χ3v) is 5.27. The van der Waals surface area contributed by atoms with Crippen LogP contribution in [0.3, 0.4) is 0 Å². The third kappa shape index (κ3) is 4.87. The molecular weight excluding hydrogens is 416 g/mol. The number of fused-ring (bicyclic) bond motifs is 1. The molecule has 0 N–H and O–H groups in total.